The molecule has 0 amide bonds. The van der Waals surface area contributed by atoms with Crippen molar-refractivity contribution >= 4 is 27.3 Å². The van der Waals surface area contributed by atoms with Crippen molar-refractivity contribution in [3.8, 4) is 11.5 Å². The van der Waals surface area contributed by atoms with Gasteiger partial charge in [-0.3, -0.25) is 0 Å². The Bertz CT molecular complexity index is 557. The van der Waals surface area contributed by atoms with Crippen molar-refractivity contribution in [2.75, 3.05) is 20.3 Å². The van der Waals surface area contributed by atoms with Gasteiger partial charge in [0, 0.05) is 18.0 Å². The lowest BCUT2D eigenvalue weighted by Gasteiger charge is -2.12. The molecule has 20 heavy (non-hydrogen) atoms. The minimum Gasteiger partial charge on any atom is -0.493 e. The van der Waals surface area contributed by atoms with E-state index in [-0.39, 0.29) is 0 Å². The number of halogens is 1. The fourth-order valence-electron chi connectivity index (χ4n) is 1.80. The molecule has 0 unspecified atom stereocenters. The highest BCUT2D eigenvalue weighted by atomic mass is 79.9. The molecular formula is C15H18BrNO2S. The molecule has 0 radical (unpaired) electrons. The zero-order chi connectivity index (χ0) is 14.4. The Hall–Kier alpha value is -1.04. The van der Waals surface area contributed by atoms with Crippen molar-refractivity contribution in [1.82, 2.24) is 5.32 Å². The first-order valence-corrected chi connectivity index (χ1v) is 8.08. The van der Waals surface area contributed by atoms with Crippen molar-refractivity contribution in [3.63, 3.8) is 0 Å². The standard InChI is InChI=1S/C15H18BrNO2S/c1-11-6-9-20-14(11)10-17-7-8-19-15-12(16)4-3-5-13(15)18-2/h3-6,9,17H,7-8,10H2,1-2H3. The number of nitrogens with one attached hydrogen (secondary N) is 1. The molecular weight excluding hydrogens is 338 g/mol. The van der Waals surface area contributed by atoms with Gasteiger partial charge in [0.1, 0.15) is 6.61 Å². The van der Waals surface area contributed by atoms with Crippen LogP contribution in [0.2, 0.25) is 0 Å². The SMILES string of the molecule is COc1cccc(Br)c1OCCNCc1sccc1C. The highest BCUT2D eigenvalue weighted by molar-refractivity contribution is 9.10. The topological polar surface area (TPSA) is 30.5 Å². The first-order chi connectivity index (χ1) is 9.72. The molecule has 0 aliphatic heterocycles. The number of hydrogen-bond donors (Lipinski definition) is 1. The first-order valence-electron chi connectivity index (χ1n) is 6.41. The van der Waals surface area contributed by atoms with Crippen LogP contribution in [0.25, 0.3) is 0 Å². The van der Waals surface area contributed by atoms with Gasteiger partial charge in [-0.15, -0.1) is 11.3 Å². The summed E-state index contributed by atoms with van der Waals surface area (Å²) >= 11 is 5.26. The van der Waals surface area contributed by atoms with Gasteiger partial charge in [0.05, 0.1) is 11.6 Å². The van der Waals surface area contributed by atoms with Crippen LogP contribution < -0.4 is 14.8 Å². The van der Waals surface area contributed by atoms with Crippen LogP contribution in [0.4, 0.5) is 0 Å². The molecule has 1 heterocycles. The van der Waals surface area contributed by atoms with Crippen molar-refractivity contribution in [2.24, 2.45) is 0 Å². The van der Waals surface area contributed by atoms with Crippen LogP contribution in [0.15, 0.2) is 34.1 Å². The third kappa shape index (κ3) is 3.98. The average molecular weight is 356 g/mol. The van der Waals surface area contributed by atoms with Gasteiger partial charge in [-0.1, -0.05) is 6.07 Å². The van der Waals surface area contributed by atoms with Gasteiger partial charge in [-0.2, -0.15) is 0 Å². The van der Waals surface area contributed by atoms with E-state index in [9.17, 15) is 0 Å². The van der Waals surface area contributed by atoms with Crippen molar-refractivity contribution in [3.05, 3.63) is 44.6 Å². The van der Waals surface area contributed by atoms with E-state index in [0.29, 0.717) is 6.61 Å². The maximum absolute atomic E-state index is 5.78. The molecule has 0 aliphatic carbocycles. The minimum atomic E-state index is 0.601. The van der Waals surface area contributed by atoms with Crippen LogP contribution in [-0.2, 0) is 6.54 Å². The monoisotopic (exact) mass is 355 g/mol. The molecule has 0 bridgehead atoms. The molecule has 1 N–H and O–H groups in total. The normalized spacial score (nSPS) is 10.6. The van der Waals surface area contributed by atoms with E-state index < -0.39 is 0 Å². The van der Waals surface area contributed by atoms with Gasteiger partial charge in [-0.05, 0) is 52.0 Å². The second kappa shape index (κ2) is 7.67. The number of benzene rings is 1. The summed E-state index contributed by atoms with van der Waals surface area (Å²) in [4.78, 5) is 1.38. The van der Waals surface area contributed by atoms with Crippen molar-refractivity contribution in [2.45, 2.75) is 13.5 Å². The number of rotatable bonds is 7. The van der Waals surface area contributed by atoms with Crippen molar-refractivity contribution in [1.29, 1.82) is 0 Å². The Morgan fingerprint density at radius 1 is 1.30 bits per heavy atom. The minimum absolute atomic E-state index is 0.601. The molecule has 0 spiro atoms. The van der Waals surface area contributed by atoms with Crippen LogP contribution in [-0.4, -0.2) is 20.3 Å². The number of ether oxygens (including phenoxy) is 2. The fraction of sp³-hybridized carbons (Fsp3) is 0.333. The Morgan fingerprint density at radius 3 is 2.85 bits per heavy atom. The predicted molar refractivity (Wildman–Crippen MR) is 87.0 cm³/mol. The van der Waals surface area contributed by atoms with Crippen LogP contribution in [0.3, 0.4) is 0 Å². The average Bonchev–Trinajstić information content (AvgIpc) is 2.85. The molecule has 0 fully saturated rings. The van der Waals surface area contributed by atoms with Gasteiger partial charge >= 0.3 is 0 Å². The van der Waals surface area contributed by atoms with Crippen molar-refractivity contribution < 1.29 is 9.47 Å². The third-order valence-corrected chi connectivity index (χ3v) is 4.58. The number of aryl methyl sites for hydroxylation is 1. The summed E-state index contributed by atoms with van der Waals surface area (Å²) in [7, 11) is 1.65. The fourth-order valence-corrected chi connectivity index (χ4v) is 3.14. The molecule has 0 aliphatic rings. The Kier molecular flexibility index (Phi) is 5.88. The summed E-state index contributed by atoms with van der Waals surface area (Å²) in [5, 5.41) is 5.50. The van der Waals surface area contributed by atoms with E-state index in [1.165, 1.54) is 10.4 Å². The number of hydrogen-bond acceptors (Lipinski definition) is 4. The Morgan fingerprint density at radius 2 is 2.15 bits per heavy atom. The molecule has 1 aromatic heterocycles. The van der Waals surface area contributed by atoms with Crippen LogP contribution in [0, 0.1) is 6.92 Å². The molecule has 3 nitrogen and oxygen atoms in total. The quantitative estimate of drug-likeness (QED) is 0.761. The maximum atomic E-state index is 5.78. The predicted octanol–water partition coefficient (Wildman–Crippen LogP) is 4.00. The van der Waals surface area contributed by atoms with E-state index >= 15 is 0 Å². The lowest BCUT2D eigenvalue weighted by Crippen LogP contribution is -2.20. The molecule has 108 valence electrons. The van der Waals surface area contributed by atoms with Gasteiger partial charge in [0.15, 0.2) is 11.5 Å². The van der Waals surface area contributed by atoms with Crippen LogP contribution in [0.5, 0.6) is 11.5 Å². The van der Waals surface area contributed by atoms with E-state index in [1.807, 2.05) is 18.2 Å². The summed E-state index contributed by atoms with van der Waals surface area (Å²) in [6.45, 7) is 4.42. The van der Waals surface area contributed by atoms with Gasteiger partial charge < -0.3 is 14.8 Å². The lowest BCUT2D eigenvalue weighted by atomic mass is 10.3. The first kappa shape index (κ1) is 15.4. The van der Waals surface area contributed by atoms with E-state index in [0.717, 1.165) is 29.1 Å². The number of para-hydroxylation sites is 1. The largest absolute Gasteiger partial charge is 0.493 e. The summed E-state index contributed by atoms with van der Waals surface area (Å²) in [5.41, 5.74) is 1.34. The lowest BCUT2D eigenvalue weighted by molar-refractivity contribution is 0.290. The second-order valence-corrected chi connectivity index (χ2v) is 6.18. The Labute approximate surface area is 132 Å². The molecule has 0 saturated carbocycles. The summed E-state index contributed by atoms with van der Waals surface area (Å²) < 4.78 is 12.0. The molecule has 0 saturated heterocycles. The molecule has 1 aromatic carbocycles. The summed E-state index contributed by atoms with van der Waals surface area (Å²) in [6, 6.07) is 7.90. The van der Waals surface area contributed by atoms with Gasteiger partial charge in [0.25, 0.3) is 0 Å². The van der Waals surface area contributed by atoms with E-state index in [2.05, 4.69) is 39.6 Å². The number of methoxy groups -OCH3 is 1. The molecule has 2 aromatic rings. The summed E-state index contributed by atoms with van der Waals surface area (Å²) in [5.74, 6) is 1.50. The van der Waals surface area contributed by atoms with Crippen LogP contribution >= 0.6 is 27.3 Å². The van der Waals surface area contributed by atoms with Gasteiger partial charge in [0.2, 0.25) is 0 Å². The zero-order valence-electron chi connectivity index (χ0n) is 11.6. The zero-order valence-corrected chi connectivity index (χ0v) is 14.0. The third-order valence-electron chi connectivity index (χ3n) is 2.93. The molecule has 0 atom stereocenters. The summed E-state index contributed by atoms with van der Waals surface area (Å²) in [6.07, 6.45) is 0. The second-order valence-electron chi connectivity index (χ2n) is 4.32. The van der Waals surface area contributed by atoms with Crippen LogP contribution in [0.1, 0.15) is 10.4 Å². The maximum Gasteiger partial charge on any atom is 0.175 e. The van der Waals surface area contributed by atoms with E-state index in [1.54, 1.807) is 18.4 Å². The van der Waals surface area contributed by atoms with E-state index in [4.69, 9.17) is 9.47 Å². The highest BCUT2D eigenvalue weighted by Crippen LogP contribution is 2.34. The molecule has 2 rings (SSSR count). The number of thiophene rings is 1. The highest BCUT2D eigenvalue weighted by Gasteiger charge is 2.08. The van der Waals surface area contributed by atoms with Gasteiger partial charge in [-0.25, -0.2) is 0 Å². The smallest absolute Gasteiger partial charge is 0.175 e. The molecule has 5 heteroatoms. The Balaban J connectivity index is 1.78.